The molecule has 76 valence electrons. The highest BCUT2D eigenvalue weighted by Gasteiger charge is 2.50. The average Bonchev–Trinajstić information content (AvgIpc) is 2.46. The van der Waals surface area contributed by atoms with Gasteiger partial charge in [-0.2, -0.15) is 0 Å². The Morgan fingerprint density at radius 3 is 2.54 bits per heavy atom. The van der Waals surface area contributed by atoms with Crippen LogP contribution in [-0.4, -0.2) is 24.5 Å². The molecule has 0 aromatic heterocycles. The summed E-state index contributed by atoms with van der Waals surface area (Å²) in [5.41, 5.74) is 0.754. The van der Waals surface area contributed by atoms with Crippen molar-refractivity contribution in [2.75, 3.05) is 19.6 Å². The number of hydrogen-bond donors (Lipinski definition) is 0. The van der Waals surface area contributed by atoms with E-state index in [0.717, 1.165) is 17.3 Å². The summed E-state index contributed by atoms with van der Waals surface area (Å²) in [5, 5.41) is 0. The van der Waals surface area contributed by atoms with Crippen LogP contribution in [0.25, 0.3) is 0 Å². The lowest BCUT2D eigenvalue weighted by molar-refractivity contribution is 0.00579. The van der Waals surface area contributed by atoms with Crippen molar-refractivity contribution in [2.45, 2.75) is 40.0 Å². The van der Waals surface area contributed by atoms with E-state index in [-0.39, 0.29) is 0 Å². The third kappa shape index (κ3) is 1.41. The molecule has 2 unspecified atom stereocenters. The van der Waals surface area contributed by atoms with E-state index in [4.69, 9.17) is 0 Å². The molecular formula is C12H23N. The molecule has 0 bridgehead atoms. The standard InChI is InChI=1S/C12H23N/c1-4-13-8-7-12(9-13)6-5-11(12)10(2)3/h10-11H,4-9H2,1-3H3. The van der Waals surface area contributed by atoms with E-state index in [0.29, 0.717) is 0 Å². The molecule has 0 aromatic rings. The van der Waals surface area contributed by atoms with Gasteiger partial charge in [-0.3, -0.25) is 0 Å². The highest BCUT2D eigenvalue weighted by atomic mass is 15.2. The molecule has 2 rings (SSSR count). The van der Waals surface area contributed by atoms with Crippen LogP contribution in [0.3, 0.4) is 0 Å². The summed E-state index contributed by atoms with van der Waals surface area (Å²) < 4.78 is 0. The van der Waals surface area contributed by atoms with Crippen LogP contribution in [0.1, 0.15) is 40.0 Å². The normalized spacial score (nSPS) is 40.2. The van der Waals surface area contributed by atoms with Crippen molar-refractivity contribution < 1.29 is 0 Å². The summed E-state index contributed by atoms with van der Waals surface area (Å²) in [5.74, 6) is 1.94. The minimum atomic E-state index is 0.754. The second kappa shape index (κ2) is 3.27. The van der Waals surface area contributed by atoms with Gasteiger partial charge in [0.2, 0.25) is 0 Å². The molecule has 1 aliphatic heterocycles. The summed E-state index contributed by atoms with van der Waals surface area (Å²) in [4.78, 5) is 2.63. The van der Waals surface area contributed by atoms with E-state index in [1.54, 1.807) is 0 Å². The van der Waals surface area contributed by atoms with E-state index in [1.165, 1.54) is 38.9 Å². The van der Waals surface area contributed by atoms with Crippen LogP contribution < -0.4 is 0 Å². The van der Waals surface area contributed by atoms with Crippen molar-refractivity contribution in [3.8, 4) is 0 Å². The van der Waals surface area contributed by atoms with Crippen molar-refractivity contribution in [3.05, 3.63) is 0 Å². The zero-order chi connectivity index (χ0) is 9.47. The molecule has 1 heteroatoms. The minimum absolute atomic E-state index is 0.754. The Kier molecular flexibility index (Phi) is 2.39. The zero-order valence-electron chi connectivity index (χ0n) is 9.34. The second-order valence-corrected chi connectivity index (χ2v) is 5.37. The fourth-order valence-electron chi connectivity index (χ4n) is 3.52. The summed E-state index contributed by atoms with van der Waals surface area (Å²) in [6.07, 6.45) is 4.48. The lowest BCUT2D eigenvalue weighted by Crippen LogP contribution is -2.45. The fourth-order valence-corrected chi connectivity index (χ4v) is 3.52. The summed E-state index contributed by atoms with van der Waals surface area (Å²) in [7, 11) is 0. The SMILES string of the molecule is CCN1CCC2(CCC2C(C)C)C1. The number of rotatable bonds is 2. The Morgan fingerprint density at radius 1 is 1.38 bits per heavy atom. The van der Waals surface area contributed by atoms with Gasteiger partial charge in [0, 0.05) is 6.54 Å². The smallest absolute Gasteiger partial charge is 0.00411 e. The van der Waals surface area contributed by atoms with Crippen LogP contribution >= 0.6 is 0 Å². The maximum atomic E-state index is 2.63. The van der Waals surface area contributed by atoms with Gasteiger partial charge in [-0.15, -0.1) is 0 Å². The van der Waals surface area contributed by atoms with Gasteiger partial charge >= 0.3 is 0 Å². The molecule has 0 aromatic carbocycles. The molecule has 1 spiro atoms. The zero-order valence-corrected chi connectivity index (χ0v) is 9.34. The fraction of sp³-hybridized carbons (Fsp3) is 1.00. The Labute approximate surface area is 82.5 Å². The van der Waals surface area contributed by atoms with E-state index < -0.39 is 0 Å². The quantitative estimate of drug-likeness (QED) is 0.633. The van der Waals surface area contributed by atoms with Crippen molar-refractivity contribution in [1.82, 2.24) is 4.90 Å². The number of hydrogen-bond acceptors (Lipinski definition) is 1. The summed E-state index contributed by atoms with van der Waals surface area (Å²) >= 11 is 0. The van der Waals surface area contributed by atoms with Crippen LogP contribution in [0.4, 0.5) is 0 Å². The molecule has 1 aliphatic carbocycles. The third-order valence-corrected chi connectivity index (χ3v) is 4.46. The van der Waals surface area contributed by atoms with Gasteiger partial charge in [0.05, 0.1) is 0 Å². The van der Waals surface area contributed by atoms with Crippen LogP contribution in [0.5, 0.6) is 0 Å². The number of nitrogens with zero attached hydrogens (tertiary/aromatic N) is 1. The molecule has 1 nitrogen and oxygen atoms in total. The van der Waals surface area contributed by atoms with Crippen molar-refractivity contribution in [2.24, 2.45) is 17.3 Å². The van der Waals surface area contributed by atoms with Gasteiger partial charge in [-0.1, -0.05) is 20.8 Å². The maximum absolute atomic E-state index is 2.63. The first-order chi connectivity index (χ1) is 6.18. The molecule has 1 heterocycles. The van der Waals surface area contributed by atoms with Gasteiger partial charge in [0.15, 0.2) is 0 Å². The average molecular weight is 181 g/mol. The first-order valence-electron chi connectivity index (χ1n) is 5.90. The molecule has 2 atom stereocenters. The Morgan fingerprint density at radius 2 is 2.15 bits per heavy atom. The van der Waals surface area contributed by atoms with E-state index in [9.17, 15) is 0 Å². The van der Waals surface area contributed by atoms with Crippen LogP contribution in [0, 0.1) is 17.3 Å². The van der Waals surface area contributed by atoms with Gasteiger partial charge in [-0.05, 0) is 49.6 Å². The van der Waals surface area contributed by atoms with Crippen molar-refractivity contribution >= 4 is 0 Å². The Bertz CT molecular complexity index is 188. The second-order valence-electron chi connectivity index (χ2n) is 5.37. The van der Waals surface area contributed by atoms with Gasteiger partial charge in [-0.25, -0.2) is 0 Å². The summed E-state index contributed by atoms with van der Waals surface area (Å²) in [6.45, 7) is 11.1. The molecule has 0 amide bonds. The minimum Gasteiger partial charge on any atom is -0.303 e. The monoisotopic (exact) mass is 181 g/mol. The van der Waals surface area contributed by atoms with Crippen molar-refractivity contribution in [3.63, 3.8) is 0 Å². The topological polar surface area (TPSA) is 3.24 Å². The van der Waals surface area contributed by atoms with Gasteiger partial charge in [0.1, 0.15) is 0 Å². The molecule has 1 saturated heterocycles. The molecule has 1 saturated carbocycles. The number of likely N-dealkylation sites (tertiary alicyclic amines) is 1. The van der Waals surface area contributed by atoms with Gasteiger partial charge in [0.25, 0.3) is 0 Å². The lowest BCUT2D eigenvalue weighted by atomic mass is 9.56. The Hall–Kier alpha value is -0.0400. The molecule has 0 radical (unpaired) electrons. The molecule has 2 aliphatic rings. The van der Waals surface area contributed by atoms with E-state index in [1.807, 2.05) is 0 Å². The largest absolute Gasteiger partial charge is 0.303 e. The van der Waals surface area contributed by atoms with Crippen LogP contribution in [0.2, 0.25) is 0 Å². The van der Waals surface area contributed by atoms with E-state index >= 15 is 0 Å². The van der Waals surface area contributed by atoms with Crippen LogP contribution in [-0.2, 0) is 0 Å². The maximum Gasteiger partial charge on any atom is 0.00411 e. The molecular weight excluding hydrogens is 158 g/mol. The molecule has 13 heavy (non-hydrogen) atoms. The van der Waals surface area contributed by atoms with Gasteiger partial charge < -0.3 is 4.90 Å². The highest BCUT2D eigenvalue weighted by molar-refractivity contribution is 5.02. The lowest BCUT2D eigenvalue weighted by Gasteiger charge is -2.49. The third-order valence-electron chi connectivity index (χ3n) is 4.46. The first-order valence-corrected chi connectivity index (χ1v) is 5.90. The highest BCUT2D eigenvalue weighted by Crippen LogP contribution is 2.55. The van der Waals surface area contributed by atoms with E-state index in [2.05, 4.69) is 25.7 Å². The first kappa shape index (κ1) is 9.51. The molecule has 2 fully saturated rings. The van der Waals surface area contributed by atoms with Crippen LogP contribution in [0.15, 0.2) is 0 Å². The molecule has 0 N–H and O–H groups in total. The Balaban J connectivity index is 1.99. The predicted octanol–water partition coefficient (Wildman–Crippen LogP) is 2.76. The summed E-state index contributed by atoms with van der Waals surface area (Å²) in [6, 6.07) is 0. The predicted molar refractivity (Wildman–Crippen MR) is 56.7 cm³/mol. The van der Waals surface area contributed by atoms with Crippen molar-refractivity contribution in [1.29, 1.82) is 0 Å².